The topological polar surface area (TPSA) is 82.3 Å². The predicted octanol–water partition coefficient (Wildman–Crippen LogP) is 0.966. The highest BCUT2D eigenvalue weighted by Gasteiger charge is 2.20. The molecule has 20 heavy (non-hydrogen) atoms. The van der Waals surface area contributed by atoms with Gasteiger partial charge in [0.2, 0.25) is 0 Å². The second-order valence-electron chi connectivity index (χ2n) is 4.85. The van der Waals surface area contributed by atoms with Gasteiger partial charge in [0.1, 0.15) is 17.0 Å². The van der Waals surface area contributed by atoms with E-state index in [1.165, 1.54) is 0 Å². The lowest BCUT2D eigenvalue weighted by Gasteiger charge is -2.12. The van der Waals surface area contributed by atoms with Gasteiger partial charge >= 0.3 is 0 Å². The van der Waals surface area contributed by atoms with Gasteiger partial charge in [0, 0.05) is 12.3 Å². The van der Waals surface area contributed by atoms with Crippen LogP contribution in [-0.4, -0.2) is 39.3 Å². The molecule has 0 aliphatic rings. The molecule has 2 heterocycles. The average molecular weight is 278 g/mol. The summed E-state index contributed by atoms with van der Waals surface area (Å²) in [7, 11) is 3.14. The maximum atomic E-state index is 9.88. The molecule has 0 fully saturated rings. The van der Waals surface area contributed by atoms with Crippen LogP contribution in [0.15, 0.2) is 18.5 Å². The number of aliphatic hydroxyl groups is 1. The molecule has 2 aromatic heterocycles. The first-order chi connectivity index (χ1) is 9.45. The van der Waals surface area contributed by atoms with Crippen molar-refractivity contribution in [3.05, 3.63) is 29.8 Å². The van der Waals surface area contributed by atoms with Gasteiger partial charge in [-0.05, 0) is 13.8 Å². The Bertz CT molecular complexity index is 590. The third-order valence-electron chi connectivity index (χ3n) is 2.84. The summed E-state index contributed by atoms with van der Waals surface area (Å²) in [6.45, 7) is 3.70. The van der Waals surface area contributed by atoms with Crippen molar-refractivity contribution in [3.8, 4) is 11.5 Å². The Morgan fingerprint density at radius 2 is 2.05 bits per heavy atom. The molecule has 0 saturated heterocycles. The van der Waals surface area contributed by atoms with Crippen molar-refractivity contribution in [2.24, 2.45) is 0 Å². The number of hydrogen-bond donors (Lipinski definition) is 1. The fourth-order valence-electron chi connectivity index (χ4n) is 1.77. The molecule has 0 atom stereocenters. The normalized spacial score (nSPS) is 11.4. The van der Waals surface area contributed by atoms with E-state index in [9.17, 15) is 5.11 Å². The molecule has 0 amide bonds. The van der Waals surface area contributed by atoms with Gasteiger partial charge in [-0.25, -0.2) is 4.68 Å². The molecule has 2 aromatic rings. The molecule has 0 saturated carbocycles. The number of hydrogen-bond acceptors (Lipinski definition) is 6. The molecule has 0 unspecified atom stereocenters. The Hall–Kier alpha value is -2.15. The second-order valence-corrected chi connectivity index (χ2v) is 4.85. The highest BCUT2D eigenvalue weighted by atomic mass is 16.5. The summed E-state index contributed by atoms with van der Waals surface area (Å²) in [5.74, 6) is 1.18. The van der Waals surface area contributed by atoms with Crippen LogP contribution in [0.3, 0.4) is 0 Å². The standard InChI is InChI=1S/C13H18N4O3/c1-13(2,18)11-8-17(16-15-11)7-9-12(20-4)10(19-3)5-6-14-9/h5-6,8,18H,7H2,1-4H3. The van der Waals surface area contributed by atoms with E-state index in [4.69, 9.17) is 9.47 Å². The highest BCUT2D eigenvalue weighted by molar-refractivity contribution is 5.42. The van der Waals surface area contributed by atoms with Crippen LogP contribution < -0.4 is 9.47 Å². The van der Waals surface area contributed by atoms with Gasteiger partial charge in [-0.1, -0.05) is 5.21 Å². The van der Waals surface area contributed by atoms with Crippen LogP contribution in [0.2, 0.25) is 0 Å². The van der Waals surface area contributed by atoms with Gasteiger partial charge in [0.05, 0.1) is 27.0 Å². The summed E-state index contributed by atoms with van der Waals surface area (Å²) in [4.78, 5) is 4.27. The number of methoxy groups -OCH3 is 2. The van der Waals surface area contributed by atoms with Gasteiger partial charge in [0.25, 0.3) is 0 Å². The fraction of sp³-hybridized carbons (Fsp3) is 0.462. The third-order valence-corrected chi connectivity index (χ3v) is 2.84. The van der Waals surface area contributed by atoms with Crippen molar-refractivity contribution in [3.63, 3.8) is 0 Å². The first-order valence-corrected chi connectivity index (χ1v) is 6.14. The van der Waals surface area contributed by atoms with E-state index in [-0.39, 0.29) is 0 Å². The average Bonchev–Trinajstić information content (AvgIpc) is 2.87. The van der Waals surface area contributed by atoms with Gasteiger partial charge in [-0.2, -0.15) is 0 Å². The van der Waals surface area contributed by atoms with E-state index in [0.29, 0.717) is 29.4 Å². The molecule has 0 aliphatic heterocycles. The minimum absolute atomic E-state index is 0.378. The van der Waals surface area contributed by atoms with Crippen LogP contribution >= 0.6 is 0 Å². The van der Waals surface area contributed by atoms with E-state index in [2.05, 4.69) is 15.3 Å². The lowest BCUT2D eigenvalue weighted by atomic mass is 10.1. The first kappa shape index (κ1) is 14.3. The van der Waals surface area contributed by atoms with Crippen LogP contribution in [0, 0.1) is 0 Å². The smallest absolute Gasteiger partial charge is 0.184 e. The zero-order chi connectivity index (χ0) is 14.8. The zero-order valence-corrected chi connectivity index (χ0v) is 12.0. The van der Waals surface area contributed by atoms with Gasteiger partial charge in [0.15, 0.2) is 11.5 Å². The summed E-state index contributed by atoms with van der Waals surface area (Å²) < 4.78 is 12.1. The SMILES string of the molecule is COc1ccnc(Cn2cc(C(C)(C)O)nn2)c1OC. The molecule has 7 nitrogen and oxygen atoms in total. The molecule has 0 aliphatic carbocycles. The number of rotatable bonds is 5. The van der Waals surface area contributed by atoms with E-state index >= 15 is 0 Å². The Morgan fingerprint density at radius 3 is 2.60 bits per heavy atom. The van der Waals surface area contributed by atoms with E-state index in [1.54, 1.807) is 51.2 Å². The second kappa shape index (κ2) is 5.46. The Kier molecular flexibility index (Phi) is 3.89. The molecule has 0 bridgehead atoms. The largest absolute Gasteiger partial charge is 0.493 e. The molecular weight excluding hydrogens is 260 g/mol. The van der Waals surface area contributed by atoms with Gasteiger partial charge < -0.3 is 14.6 Å². The van der Waals surface area contributed by atoms with Crippen LogP contribution in [0.4, 0.5) is 0 Å². The molecule has 0 radical (unpaired) electrons. The van der Waals surface area contributed by atoms with E-state index < -0.39 is 5.60 Å². The van der Waals surface area contributed by atoms with Crippen molar-refractivity contribution in [2.75, 3.05) is 14.2 Å². The molecule has 108 valence electrons. The molecule has 7 heteroatoms. The maximum absolute atomic E-state index is 9.88. The van der Waals surface area contributed by atoms with Crippen LogP contribution in [0.25, 0.3) is 0 Å². The quantitative estimate of drug-likeness (QED) is 0.877. The lowest BCUT2D eigenvalue weighted by molar-refractivity contribution is 0.0737. The summed E-state index contributed by atoms with van der Waals surface area (Å²) in [5, 5.41) is 17.8. The first-order valence-electron chi connectivity index (χ1n) is 6.14. The highest BCUT2D eigenvalue weighted by Crippen LogP contribution is 2.29. The Morgan fingerprint density at radius 1 is 1.30 bits per heavy atom. The molecule has 1 N–H and O–H groups in total. The molecule has 0 spiro atoms. The molecule has 2 rings (SSSR count). The van der Waals surface area contributed by atoms with Crippen molar-refractivity contribution in [1.82, 2.24) is 20.0 Å². The summed E-state index contributed by atoms with van der Waals surface area (Å²) in [6, 6.07) is 1.73. The van der Waals surface area contributed by atoms with Gasteiger partial charge in [-0.3, -0.25) is 4.98 Å². The zero-order valence-electron chi connectivity index (χ0n) is 12.0. The monoisotopic (exact) mass is 278 g/mol. The predicted molar refractivity (Wildman–Crippen MR) is 71.7 cm³/mol. The van der Waals surface area contributed by atoms with Crippen LogP contribution in [0.5, 0.6) is 11.5 Å². The maximum Gasteiger partial charge on any atom is 0.184 e. The van der Waals surface area contributed by atoms with Crippen molar-refractivity contribution in [1.29, 1.82) is 0 Å². The Balaban J connectivity index is 2.28. The summed E-state index contributed by atoms with van der Waals surface area (Å²) in [6.07, 6.45) is 3.32. The molecular formula is C13H18N4O3. The van der Waals surface area contributed by atoms with E-state index in [0.717, 1.165) is 0 Å². The van der Waals surface area contributed by atoms with Crippen molar-refractivity contribution < 1.29 is 14.6 Å². The number of aromatic nitrogens is 4. The summed E-state index contributed by atoms with van der Waals surface area (Å²) >= 11 is 0. The van der Waals surface area contributed by atoms with Gasteiger partial charge in [-0.15, -0.1) is 5.10 Å². The number of nitrogens with zero attached hydrogens (tertiary/aromatic N) is 4. The minimum atomic E-state index is -1.02. The van der Waals surface area contributed by atoms with Crippen molar-refractivity contribution >= 4 is 0 Å². The lowest BCUT2D eigenvalue weighted by Crippen LogP contribution is -2.15. The third kappa shape index (κ3) is 2.88. The van der Waals surface area contributed by atoms with Crippen LogP contribution in [-0.2, 0) is 12.1 Å². The van der Waals surface area contributed by atoms with Crippen molar-refractivity contribution in [2.45, 2.75) is 26.0 Å². The number of pyridine rings is 1. The molecule has 0 aromatic carbocycles. The fourth-order valence-corrected chi connectivity index (χ4v) is 1.77. The van der Waals surface area contributed by atoms with Crippen LogP contribution in [0.1, 0.15) is 25.2 Å². The Labute approximate surface area is 117 Å². The number of ether oxygens (including phenoxy) is 2. The minimum Gasteiger partial charge on any atom is -0.493 e. The van der Waals surface area contributed by atoms with E-state index in [1.807, 2.05) is 0 Å². The summed E-state index contributed by atoms with van der Waals surface area (Å²) in [5.41, 5.74) is 0.155.